The predicted molar refractivity (Wildman–Crippen MR) is 137 cm³/mol. The Morgan fingerprint density at radius 1 is 0.750 bits per heavy atom. The second-order valence-corrected chi connectivity index (χ2v) is 9.54. The molecule has 7 heteroatoms. The minimum Gasteiger partial charge on any atom is -0.372 e. The summed E-state index contributed by atoms with van der Waals surface area (Å²) < 4.78 is 0. The van der Waals surface area contributed by atoms with Crippen LogP contribution in [0.4, 0.5) is 17.1 Å². The zero-order valence-electron chi connectivity index (χ0n) is 19.7. The Morgan fingerprint density at radius 3 is 2.11 bits per heavy atom. The molecule has 0 aromatic heterocycles. The molecule has 0 spiro atoms. The molecule has 2 saturated heterocycles. The fraction of sp³-hybridized carbons (Fsp3) is 0.241. The van der Waals surface area contributed by atoms with Crippen molar-refractivity contribution in [2.75, 3.05) is 34.8 Å². The molecular weight excluding hydrogens is 454 g/mol. The molecule has 1 atom stereocenters. The van der Waals surface area contributed by atoms with Crippen molar-refractivity contribution in [1.29, 1.82) is 0 Å². The molecule has 36 heavy (non-hydrogen) atoms. The van der Waals surface area contributed by atoms with E-state index < -0.39 is 5.92 Å². The quantitative estimate of drug-likeness (QED) is 0.477. The Hall–Kier alpha value is -4.26. The third-order valence-electron chi connectivity index (χ3n) is 7.34. The highest BCUT2D eigenvalue weighted by Gasteiger charge is 2.37. The van der Waals surface area contributed by atoms with E-state index in [-0.39, 0.29) is 47.5 Å². The fourth-order valence-electron chi connectivity index (χ4n) is 5.44. The molecular formula is C29H25N3O4. The van der Waals surface area contributed by atoms with Gasteiger partial charge in [-0.1, -0.05) is 36.4 Å². The summed E-state index contributed by atoms with van der Waals surface area (Å²) in [5.41, 5.74) is 3.39. The molecule has 0 bridgehead atoms. The largest absolute Gasteiger partial charge is 0.372 e. The SMILES string of the molecule is O=C1c2ccccc2C(=O)c2c(NC(=O)C3CC(=O)N(c4ccc(N5CCCC5)cc4)C3)cccc21. The maximum absolute atomic E-state index is 13.2. The lowest BCUT2D eigenvalue weighted by Gasteiger charge is -2.22. The number of fused-ring (bicyclic) bond motifs is 2. The van der Waals surface area contributed by atoms with Crippen LogP contribution >= 0.6 is 0 Å². The van der Waals surface area contributed by atoms with Gasteiger partial charge in [0.2, 0.25) is 11.8 Å². The molecule has 1 N–H and O–H groups in total. The molecule has 1 unspecified atom stereocenters. The van der Waals surface area contributed by atoms with Crippen molar-refractivity contribution in [3.63, 3.8) is 0 Å². The molecule has 2 aliphatic heterocycles. The van der Waals surface area contributed by atoms with E-state index in [0.717, 1.165) is 24.5 Å². The van der Waals surface area contributed by atoms with Gasteiger partial charge in [0.25, 0.3) is 0 Å². The van der Waals surface area contributed by atoms with E-state index in [1.54, 1.807) is 47.4 Å². The standard InChI is InChI=1S/C29H25N3O4/c33-25-16-18(17-32(25)20-12-10-19(11-13-20)31-14-3-4-15-31)29(36)30-24-9-5-8-23-26(24)28(35)22-7-2-1-6-21(22)27(23)34/h1-2,5-13,18H,3-4,14-17H2,(H,30,36). The van der Waals surface area contributed by atoms with Crippen molar-refractivity contribution in [2.24, 2.45) is 5.92 Å². The lowest BCUT2D eigenvalue weighted by Crippen LogP contribution is -2.29. The number of hydrogen-bond acceptors (Lipinski definition) is 5. The number of nitrogens with one attached hydrogen (secondary N) is 1. The zero-order valence-corrected chi connectivity index (χ0v) is 19.7. The normalized spacial score (nSPS) is 18.9. The predicted octanol–water partition coefficient (Wildman–Crippen LogP) is 4.05. The second-order valence-electron chi connectivity index (χ2n) is 9.54. The van der Waals surface area contributed by atoms with Crippen molar-refractivity contribution in [3.8, 4) is 0 Å². The van der Waals surface area contributed by atoms with Crippen LogP contribution in [0.5, 0.6) is 0 Å². The van der Waals surface area contributed by atoms with Crippen LogP contribution in [0.3, 0.4) is 0 Å². The lowest BCUT2D eigenvalue weighted by atomic mass is 9.83. The molecule has 6 rings (SSSR count). The highest BCUT2D eigenvalue weighted by Crippen LogP contribution is 2.33. The Kier molecular flexibility index (Phi) is 5.40. The smallest absolute Gasteiger partial charge is 0.229 e. The number of anilines is 3. The van der Waals surface area contributed by atoms with Crippen LogP contribution in [-0.2, 0) is 9.59 Å². The monoisotopic (exact) mass is 479 g/mol. The molecule has 2 heterocycles. The highest BCUT2D eigenvalue weighted by atomic mass is 16.2. The zero-order chi connectivity index (χ0) is 24.8. The molecule has 3 aliphatic rings. The van der Waals surface area contributed by atoms with E-state index in [2.05, 4.69) is 10.2 Å². The van der Waals surface area contributed by atoms with Gasteiger partial charge in [-0.25, -0.2) is 0 Å². The van der Waals surface area contributed by atoms with Gasteiger partial charge >= 0.3 is 0 Å². The molecule has 0 radical (unpaired) electrons. The third-order valence-corrected chi connectivity index (χ3v) is 7.34. The number of ketones is 2. The summed E-state index contributed by atoms with van der Waals surface area (Å²) in [4.78, 5) is 56.1. The van der Waals surface area contributed by atoms with E-state index in [1.165, 1.54) is 12.8 Å². The van der Waals surface area contributed by atoms with Crippen LogP contribution in [0, 0.1) is 5.92 Å². The first-order valence-corrected chi connectivity index (χ1v) is 12.3. The minimum atomic E-state index is -0.562. The average Bonchev–Trinajstić information content (AvgIpc) is 3.58. The Bertz CT molecular complexity index is 1410. The van der Waals surface area contributed by atoms with Gasteiger partial charge in [0.05, 0.1) is 17.2 Å². The number of benzene rings is 3. The highest BCUT2D eigenvalue weighted by molar-refractivity contribution is 6.30. The van der Waals surface area contributed by atoms with E-state index >= 15 is 0 Å². The average molecular weight is 480 g/mol. The van der Waals surface area contributed by atoms with Crippen molar-refractivity contribution in [3.05, 3.63) is 89.0 Å². The lowest BCUT2D eigenvalue weighted by molar-refractivity contribution is -0.122. The first kappa shape index (κ1) is 22.2. The van der Waals surface area contributed by atoms with Gasteiger partial charge in [0, 0.05) is 54.1 Å². The maximum atomic E-state index is 13.2. The summed E-state index contributed by atoms with van der Waals surface area (Å²) in [5, 5.41) is 2.84. The van der Waals surface area contributed by atoms with Crippen LogP contribution in [-0.4, -0.2) is 43.0 Å². The summed E-state index contributed by atoms with van der Waals surface area (Å²) in [6.07, 6.45) is 2.48. The summed E-state index contributed by atoms with van der Waals surface area (Å²) in [7, 11) is 0. The van der Waals surface area contributed by atoms with E-state index in [0.29, 0.717) is 16.8 Å². The van der Waals surface area contributed by atoms with Crippen molar-refractivity contribution in [1.82, 2.24) is 0 Å². The van der Waals surface area contributed by atoms with Gasteiger partial charge in [0.15, 0.2) is 11.6 Å². The van der Waals surface area contributed by atoms with E-state index in [9.17, 15) is 19.2 Å². The third kappa shape index (κ3) is 3.68. The molecule has 180 valence electrons. The number of nitrogens with zero attached hydrogens (tertiary/aromatic N) is 2. The van der Waals surface area contributed by atoms with Crippen LogP contribution < -0.4 is 15.1 Å². The van der Waals surface area contributed by atoms with Crippen molar-refractivity contribution < 1.29 is 19.2 Å². The first-order chi connectivity index (χ1) is 17.5. The number of carbonyl (C=O) groups excluding carboxylic acids is 4. The maximum Gasteiger partial charge on any atom is 0.229 e. The van der Waals surface area contributed by atoms with Gasteiger partial charge in [-0.2, -0.15) is 0 Å². The Morgan fingerprint density at radius 2 is 1.39 bits per heavy atom. The molecule has 3 aromatic rings. The van der Waals surface area contributed by atoms with E-state index in [4.69, 9.17) is 0 Å². The van der Waals surface area contributed by atoms with Crippen molar-refractivity contribution >= 4 is 40.4 Å². The summed E-state index contributed by atoms with van der Waals surface area (Å²) >= 11 is 0. The van der Waals surface area contributed by atoms with Gasteiger partial charge in [0.1, 0.15) is 0 Å². The summed E-state index contributed by atoms with van der Waals surface area (Å²) in [6.45, 7) is 2.36. The molecule has 7 nitrogen and oxygen atoms in total. The topological polar surface area (TPSA) is 86.8 Å². The molecule has 1 aliphatic carbocycles. The number of hydrogen-bond donors (Lipinski definition) is 1. The van der Waals surface area contributed by atoms with Crippen LogP contribution in [0.2, 0.25) is 0 Å². The fourth-order valence-corrected chi connectivity index (χ4v) is 5.44. The van der Waals surface area contributed by atoms with Crippen molar-refractivity contribution in [2.45, 2.75) is 19.3 Å². The molecule has 2 fully saturated rings. The molecule has 0 saturated carbocycles. The number of carbonyl (C=O) groups is 4. The second kappa shape index (κ2) is 8.75. The summed E-state index contributed by atoms with van der Waals surface area (Å²) in [5.74, 6) is -1.55. The Labute approximate surface area is 208 Å². The van der Waals surface area contributed by atoms with Gasteiger partial charge in [-0.05, 0) is 43.2 Å². The number of rotatable bonds is 4. The van der Waals surface area contributed by atoms with Gasteiger partial charge in [-0.3, -0.25) is 19.2 Å². The van der Waals surface area contributed by atoms with E-state index in [1.807, 2.05) is 24.3 Å². The molecule has 2 amide bonds. The minimum absolute atomic E-state index is 0.0877. The van der Waals surface area contributed by atoms with Crippen LogP contribution in [0.1, 0.15) is 51.1 Å². The first-order valence-electron chi connectivity index (χ1n) is 12.3. The van der Waals surface area contributed by atoms with Crippen LogP contribution in [0.15, 0.2) is 66.7 Å². The van der Waals surface area contributed by atoms with Gasteiger partial charge < -0.3 is 15.1 Å². The van der Waals surface area contributed by atoms with Crippen LogP contribution in [0.25, 0.3) is 0 Å². The number of amides is 2. The summed E-state index contributed by atoms with van der Waals surface area (Å²) in [6, 6.07) is 19.5. The Balaban J connectivity index is 1.20. The van der Waals surface area contributed by atoms with Gasteiger partial charge in [-0.15, -0.1) is 0 Å². The molecule has 3 aromatic carbocycles.